The monoisotopic (exact) mass is 210 g/mol. The number of likely N-dealkylation sites (N-methyl/N-ethyl adjacent to an activating group) is 1. The van der Waals surface area contributed by atoms with E-state index in [-0.39, 0.29) is 0 Å². The quantitative estimate of drug-likeness (QED) is 0.501. The lowest BCUT2D eigenvalue weighted by molar-refractivity contribution is -0.138. The molecule has 82 valence electrons. The third-order valence-electron chi connectivity index (χ3n) is 1.87. The standard InChI is InChI=1S/C9H14N4O2/c1-10-8(14)9(15)12-3-2-5-13-6-4-11-7-13/h4,6-7H,2-3,5H2,1H3,(H,10,14)(H,12,15). The first-order valence-corrected chi connectivity index (χ1v) is 4.69. The number of aromatic nitrogens is 2. The van der Waals surface area contributed by atoms with Crippen LogP contribution in [-0.2, 0) is 16.1 Å². The maximum Gasteiger partial charge on any atom is 0.309 e. The highest BCUT2D eigenvalue weighted by Crippen LogP contribution is 1.88. The van der Waals surface area contributed by atoms with Gasteiger partial charge in [0.25, 0.3) is 0 Å². The molecule has 0 radical (unpaired) electrons. The molecule has 1 aromatic rings. The molecule has 1 aromatic heterocycles. The Morgan fingerprint density at radius 3 is 2.80 bits per heavy atom. The van der Waals surface area contributed by atoms with Gasteiger partial charge in [-0.3, -0.25) is 9.59 Å². The van der Waals surface area contributed by atoms with Crippen LogP contribution >= 0.6 is 0 Å². The molecule has 0 spiro atoms. The van der Waals surface area contributed by atoms with Gasteiger partial charge in [-0.15, -0.1) is 0 Å². The van der Waals surface area contributed by atoms with Crippen molar-refractivity contribution in [1.29, 1.82) is 0 Å². The van der Waals surface area contributed by atoms with Crippen molar-refractivity contribution in [1.82, 2.24) is 20.2 Å². The SMILES string of the molecule is CNC(=O)C(=O)NCCCn1ccnc1. The fourth-order valence-corrected chi connectivity index (χ4v) is 1.08. The highest BCUT2D eigenvalue weighted by atomic mass is 16.2. The average molecular weight is 210 g/mol. The Bertz CT molecular complexity index is 321. The van der Waals surface area contributed by atoms with Gasteiger partial charge in [0.1, 0.15) is 0 Å². The summed E-state index contributed by atoms with van der Waals surface area (Å²) in [5, 5.41) is 4.76. The zero-order valence-corrected chi connectivity index (χ0v) is 8.56. The number of rotatable bonds is 4. The maximum atomic E-state index is 11.0. The molecule has 0 fully saturated rings. The number of nitrogens with zero attached hydrogens (tertiary/aromatic N) is 2. The van der Waals surface area contributed by atoms with Crippen LogP contribution in [0.1, 0.15) is 6.42 Å². The number of amides is 2. The molecule has 0 aliphatic carbocycles. The van der Waals surface area contributed by atoms with Gasteiger partial charge in [-0.25, -0.2) is 4.98 Å². The Balaban J connectivity index is 2.12. The maximum absolute atomic E-state index is 11.0. The number of carbonyl (C=O) groups is 2. The minimum atomic E-state index is -0.613. The second-order valence-corrected chi connectivity index (χ2v) is 2.99. The fourth-order valence-electron chi connectivity index (χ4n) is 1.08. The molecule has 0 aliphatic rings. The molecule has 0 atom stereocenters. The second kappa shape index (κ2) is 5.79. The smallest absolute Gasteiger partial charge is 0.309 e. The molecule has 0 aliphatic heterocycles. The van der Waals surface area contributed by atoms with E-state index in [1.165, 1.54) is 7.05 Å². The van der Waals surface area contributed by atoms with Crippen molar-refractivity contribution in [3.05, 3.63) is 18.7 Å². The van der Waals surface area contributed by atoms with E-state index in [9.17, 15) is 9.59 Å². The van der Waals surface area contributed by atoms with Crippen LogP contribution in [0.15, 0.2) is 18.7 Å². The average Bonchev–Trinajstić information content (AvgIpc) is 2.75. The number of aryl methyl sites for hydroxylation is 1. The normalized spacial score (nSPS) is 9.67. The van der Waals surface area contributed by atoms with Crippen LogP contribution in [0.4, 0.5) is 0 Å². The summed E-state index contributed by atoms with van der Waals surface area (Å²) in [5.74, 6) is -1.21. The van der Waals surface area contributed by atoms with Crippen LogP contribution < -0.4 is 10.6 Å². The lowest BCUT2D eigenvalue weighted by atomic mass is 10.4. The van der Waals surface area contributed by atoms with Crippen molar-refractivity contribution in [3.63, 3.8) is 0 Å². The van der Waals surface area contributed by atoms with E-state index in [0.29, 0.717) is 6.54 Å². The molecule has 1 rings (SSSR count). The van der Waals surface area contributed by atoms with Gasteiger partial charge < -0.3 is 15.2 Å². The highest BCUT2D eigenvalue weighted by molar-refractivity contribution is 6.34. The molecule has 0 saturated carbocycles. The molecule has 2 N–H and O–H groups in total. The Hall–Kier alpha value is -1.85. The zero-order valence-electron chi connectivity index (χ0n) is 8.56. The molecule has 0 saturated heterocycles. The van der Waals surface area contributed by atoms with E-state index in [1.54, 1.807) is 12.5 Å². The Morgan fingerprint density at radius 1 is 1.40 bits per heavy atom. The first kappa shape index (κ1) is 11.2. The lowest BCUT2D eigenvalue weighted by Gasteiger charge is -2.04. The van der Waals surface area contributed by atoms with Gasteiger partial charge >= 0.3 is 11.8 Å². The second-order valence-electron chi connectivity index (χ2n) is 2.99. The van der Waals surface area contributed by atoms with Gasteiger partial charge in [-0.1, -0.05) is 0 Å². The number of nitrogens with one attached hydrogen (secondary N) is 2. The lowest BCUT2D eigenvalue weighted by Crippen LogP contribution is -2.38. The summed E-state index contributed by atoms with van der Waals surface area (Å²) in [5.41, 5.74) is 0. The zero-order chi connectivity index (χ0) is 11.1. The molecule has 6 heteroatoms. The molecular weight excluding hydrogens is 196 g/mol. The molecule has 0 bridgehead atoms. The first-order valence-electron chi connectivity index (χ1n) is 4.69. The van der Waals surface area contributed by atoms with Crippen LogP contribution in [0.3, 0.4) is 0 Å². The minimum Gasteiger partial charge on any atom is -0.351 e. The first-order chi connectivity index (χ1) is 7.24. The number of imidazole rings is 1. The van der Waals surface area contributed by atoms with Crippen molar-refractivity contribution < 1.29 is 9.59 Å². The Labute approximate surface area is 87.7 Å². The summed E-state index contributed by atoms with van der Waals surface area (Å²) in [4.78, 5) is 25.7. The largest absolute Gasteiger partial charge is 0.351 e. The van der Waals surface area contributed by atoms with Crippen LogP contribution in [0, 0.1) is 0 Å². The summed E-state index contributed by atoms with van der Waals surface area (Å²) in [6, 6.07) is 0. The Kier molecular flexibility index (Phi) is 4.33. The van der Waals surface area contributed by atoms with E-state index in [4.69, 9.17) is 0 Å². The van der Waals surface area contributed by atoms with Gasteiger partial charge in [0.05, 0.1) is 6.33 Å². The van der Waals surface area contributed by atoms with E-state index in [0.717, 1.165) is 13.0 Å². The summed E-state index contributed by atoms with van der Waals surface area (Å²) in [6.07, 6.45) is 6.02. The van der Waals surface area contributed by atoms with Gasteiger partial charge in [0.2, 0.25) is 0 Å². The van der Waals surface area contributed by atoms with Gasteiger partial charge in [-0.05, 0) is 6.42 Å². The van der Waals surface area contributed by atoms with Crippen molar-refractivity contribution in [2.45, 2.75) is 13.0 Å². The summed E-state index contributed by atoms with van der Waals surface area (Å²) in [6.45, 7) is 1.25. The summed E-state index contributed by atoms with van der Waals surface area (Å²) >= 11 is 0. The number of hydrogen-bond donors (Lipinski definition) is 2. The van der Waals surface area contributed by atoms with Gasteiger partial charge in [0.15, 0.2) is 0 Å². The van der Waals surface area contributed by atoms with Crippen molar-refractivity contribution in [3.8, 4) is 0 Å². The van der Waals surface area contributed by atoms with Crippen molar-refractivity contribution in [2.75, 3.05) is 13.6 Å². The molecule has 6 nitrogen and oxygen atoms in total. The topological polar surface area (TPSA) is 76.0 Å². The third-order valence-corrected chi connectivity index (χ3v) is 1.87. The van der Waals surface area contributed by atoms with Crippen molar-refractivity contribution in [2.24, 2.45) is 0 Å². The molecule has 15 heavy (non-hydrogen) atoms. The Morgan fingerprint density at radius 2 is 2.20 bits per heavy atom. The highest BCUT2D eigenvalue weighted by Gasteiger charge is 2.08. The molecule has 1 heterocycles. The summed E-state index contributed by atoms with van der Waals surface area (Å²) < 4.78 is 1.91. The van der Waals surface area contributed by atoms with Gasteiger partial charge in [0, 0.05) is 32.5 Å². The molecule has 0 unspecified atom stereocenters. The van der Waals surface area contributed by atoms with Crippen LogP contribution in [0.5, 0.6) is 0 Å². The van der Waals surface area contributed by atoms with E-state index < -0.39 is 11.8 Å². The minimum absolute atomic E-state index is 0.477. The van der Waals surface area contributed by atoms with E-state index in [2.05, 4.69) is 15.6 Å². The molecule has 2 amide bonds. The summed E-state index contributed by atoms with van der Waals surface area (Å²) in [7, 11) is 1.42. The number of carbonyl (C=O) groups excluding carboxylic acids is 2. The van der Waals surface area contributed by atoms with Crippen LogP contribution in [-0.4, -0.2) is 35.0 Å². The predicted octanol–water partition coefficient (Wildman–Crippen LogP) is -0.865. The van der Waals surface area contributed by atoms with E-state index in [1.807, 2.05) is 10.8 Å². The fraction of sp³-hybridized carbons (Fsp3) is 0.444. The third kappa shape index (κ3) is 3.80. The van der Waals surface area contributed by atoms with Crippen molar-refractivity contribution >= 4 is 11.8 Å². The van der Waals surface area contributed by atoms with Gasteiger partial charge in [-0.2, -0.15) is 0 Å². The molecule has 0 aromatic carbocycles. The van der Waals surface area contributed by atoms with Crippen LogP contribution in [0.25, 0.3) is 0 Å². The van der Waals surface area contributed by atoms with Crippen LogP contribution in [0.2, 0.25) is 0 Å². The molecular formula is C9H14N4O2. The van der Waals surface area contributed by atoms with E-state index >= 15 is 0 Å². The number of hydrogen-bond acceptors (Lipinski definition) is 3. The predicted molar refractivity (Wildman–Crippen MR) is 53.9 cm³/mol.